The first-order chi connectivity index (χ1) is 11.7. The number of rotatable bonds is 4. The monoisotopic (exact) mass is 348 g/mol. The summed E-state index contributed by atoms with van der Waals surface area (Å²) >= 11 is 1.74. The average Bonchev–Trinajstić information content (AvgIpc) is 2.99. The molecule has 2 N–H and O–H groups in total. The van der Waals surface area contributed by atoms with Gasteiger partial charge in [0.1, 0.15) is 5.01 Å². The topological polar surface area (TPSA) is 72.7 Å². The molecule has 0 radical (unpaired) electrons. The number of benzene rings is 1. The summed E-state index contributed by atoms with van der Waals surface area (Å²) in [4.78, 5) is 29.2. The molecular formula is C17H22N3O3S+. The van der Waals surface area contributed by atoms with Crippen LogP contribution in [0.4, 0.5) is 4.79 Å². The van der Waals surface area contributed by atoms with E-state index in [2.05, 4.69) is 11.4 Å². The van der Waals surface area contributed by atoms with Crippen molar-refractivity contribution in [3.8, 4) is 0 Å². The van der Waals surface area contributed by atoms with Gasteiger partial charge in [0.15, 0.2) is 6.54 Å². The minimum absolute atomic E-state index is 0.259. The van der Waals surface area contributed by atoms with Gasteiger partial charge in [-0.3, -0.25) is 10.1 Å². The van der Waals surface area contributed by atoms with Crippen LogP contribution >= 0.6 is 11.3 Å². The molecule has 1 aromatic heterocycles. The van der Waals surface area contributed by atoms with Gasteiger partial charge in [0.25, 0.3) is 5.91 Å². The molecular weight excluding hydrogens is 326 g/mol. The molecule has 3 rings (SSSR count). The highest BCUT2D eigenvalue weighted by Gasteiger charge is 2.28. The molecule has 6 nitrogen and oxygen atoms in total. The van der Waals surface area contributed by atoms with Crippen LogP contribution in [-0.4, -0.2) is 43.2 Å². The molecule has 1 saturated heterocycles. The van der Waals surface area contributed by atoms with Gasteiger partial charge in [0.2, 0.25) is 0 Å². The summed E-state index contributed by atoms with van der Waals surface area (Å²) in [6, 6.07) is 8.17. The molecule has 24 heavy (non-hydrogen) atoms. The highest BCUT2D eigenvalue weighted by molar-refractivity contribution is 7.18. The predicted octanol–water partition coefficient (Wildman–Crippen LogP) is 1.33. The Morgan fingerprint density at radius 2 is 2.25 bits per heavy atom. The fourth-order valence-corrected chi connectivity index (χ4v) is 4.24. The SMILES string of the molecule is CCOC(=O)NC(=O)C[NH+]1CCC[C@@H](c2nc3ccccc3s2)C1. The lowest BCUT2D eigenvalue weighted by Crippen LogP contribution is -3.14. The normalized spacial score (nSPS) is 20.7. The van der Waals surface area contributed by atoms with Gasteiger partial charge < -0.3 is 9.64 Å². The number of nitrogens with one attached hydrogen (secondary N) is 2. The van der Waals surface area contributed by atoms with Crippen LogP contribution < -0.4 is 10.2 Å². The van der Waals surface area contributed by atoms with Crippen molar-refractivity contribution in [1.82, 2.24) is 10.3 Å². The number of hydrogen-bond donors (Lipinski definition) is 2. The Balaban J connectivity index is 1.59. The molecule has 0 saturated carbocycles. The van der Waals surface area contributed by atoms with Crippen LogP contribution in [0, 0.1) is 0 Å². The van der Waals surface area contributed by atoms with E-state index in [1.807, 2.05) is 18.2 Å². The van der Waals surface area contributed by atoms with Crippen molar-refractivity contribution in [3.63, 3.8) is 0 Å². The zero-order valence-electron chi connectivity index (χ0n) is 13.7. The van der Waals surface area contributed by atoms with Gasteiger partial charge in [-0.1, -0.05) is 12.1 Å². The lowest BCUT2D eigenvalue weighted by atomic mass is 9.99. The van der Waals surface area contributed by atoms with E-state index in [0.717, 1.165) is 36.5 Å². The molecule has 2 amide bonds. The summed E-state index contributed by atoms with van der Waals surface area (Å²) in [6.45, 7) is 4.08. The molecule has 0 aliphatic carbocycles. The maximum absolute atomic E-state index is 11.9. The highest BCUT2D eigenvalue weighted by Crippen LogP contribution is 2.30. The van der Waals surface area contributed by atoms with E-state index in [1.165, 1.54) is 9.60 Å². The first kappa shape index (κ1) is 16.9. The molecule has 2 heterocycles. The summed E-state index contributed by atoms with van der Waals surface area (Å²) in [5.41, 5.74) is 1.05. The Labute approximate surface area is 144 Å². The van der Waals surface area contributed by atoms with Gasteiger partial charge in [-0.25, -0.2) is 9.78 Å². The smallest absolute Gasteiger partial charge is 0.414 e. The standard InChI is InChI=1S/C17H21N3O3S/c1-2-23-17(22)19-15(21)11-20-9-5-6-12(10-20)16-18-13-7-3-4-8-14(13)24-16/h3-4,7-8,12H,2,5-6,9-11H2,1H3,(H,19,21,22)/p+1/t12-/m1/s1. The molecule has 1 aliphatic rings. The number of likely N-dealkylation sites (tertiary alicyclic amines) is 1. The lowest BCUT2D eigenvalue weighted by molar-refractivity contribution is -0.898. The number of hydrogen-bond acceptors (Lipinski definition) is 5. The zero-order valence-corrected chi connectivity index (χ0v) is 14.5. The number of carbonyl (C=O) groups is 2. The van der Waals surface area contributed by atoms with Gasteiger partial charge in [0, 0.05) is 0 Å². The van der Waals surface area contributed by atoms with Gasteiger partial charge in [0.05, 0.1) is 35.8 Å². The molecule has 0 spiro atoms. The average molecular weight is 348 g/mol. The number of fused-ring (bicyclic) bond motifs is 1. The number of ether oxygens (including phenoxy) is 1. The minimum Gasteiger partial charge on any atom is -0.450 e. The van der Waals surface area contributed by atoms with Crippen molar-refractivity contribution in [3.05, 3.63) is 29.3 Å². The molecule has 128 valence electrons. The van der Waals surface area contributed by atoms with Crippen molar-refractivity contribution in [2.75, 3.05) is 26.2 Å². The third-order valence-corrected chi connectivity index (χ3v) is 5.40. The van der Waals surface area contributed by atoms with Crippen LogP contribution in [0.15, 0.2) is 24.3 Å². The number of alkyl carbamates (subject to hydrolysis) is 1. The van der Waals surface area contributed by atoms with Gasteiger partial charge in [-0.2, -0.15) is 0 Å². The van der Waals surface area contributed by atoms with E-state index in [1.54, 1.807) is 18.3 Å². The molecule has 1 unspecified atom stereocenters. The minimum atomic E-state index is -0.665. The first-order valence-electron chi connectivity index (χ1n) is 8.31. The maximum atomic E-state index is 11.9. The van der Waals surface area contributed by atoms with Crippen molar-refractivity contribution in [2.45, 2.75) is 25.7 Å². The van der Waals surface area contributed by atoms with E-state index in [4.69, 9.17) is 9.72 Å². The molecule has 1 aliphatic heterocycles. The molecule has 1 aromatic carbocycles. The Kier molecular flexibility index (Phi) is 5.42. The summed E-state index contributed by atoms with van der Waals surface area (Å²) in [6.07, 6.45) is 1.49. The number of nitrogens with zero attached hydrogens (tertiary/aromatic N) is 1. The van der Waals surface area contributed by atoms with Crippen LogP contribution in [0.25, 0.3) is 10.2 Å². The molecule has 2 aromatic rings. The fourth-order valence-electron chi connectivity index (χ4n) is 3.14. The Morgan fingerprint density at radius 1 is 1.42 bits per heavy atom. The molecule has 7 heteroatoms. The predicted molar refractivity (Wildman–Crippen MR) is 92.3 cm³/mol. The van der Waals surface area contributed by atoms with Crippen molar-refractivity contribution in [2.24, 2.45) is 0 Å². The van der Waals surface area contributed by atoms with Crippen molar-refractivity contribution >= 4 is 33.6 Å². The highest BCUT2D eigenvalue weighted by atomic mass is 32.1. The third-order valence-electron chi connectivity index (χ3n) is 4.21. The second kappa shape index (κ2) is 7.72. The van der Waals surface area contributed by atoms with Crippen LogP contribution in [-0.2, 0) is 9.53 Å². The lowest BCUT2D eigenvalue weighted by Gasteiger charge is -2.28. The first-order valence-corrected chi connectivity index (χ1v) is 9.13. The summed E-state index contributed by atoms with van der Waals surface area (Å²) in [5, 5.41) is 3.42. The number of amides is 2. The van der Waals surface area contributed by atoms with E-state index < -0.39 is 6.09 Å². The summed E-state index contributed by atoms with van der Waals surface area (Å²) in [7, 11) is 0. The van der Waals surface area contributed by atoms with Crippen LogP contribution in [0.3, 0.4) is 0 Å². The molecule has 1 fully saturated rings. The van der Waals surface area contributed by atoms with Crippen LogP contribution in [0.5, 0.6) is 0 Å². The number of quaternary nitrogens is 1. The zero-order chi connectivity index (χ0) is 16.9. The van der Waals surface area contributed by atoms with Crippen LogP contribution in [0.1, 0.15) is 30.7 Å². The van der Waals surface area contributed by atoms with Gasteiger partial charge in [-0.05, 0) is 31.9 Å². The Morgan fingerprint density at radius 3 is 3.04 bits per heavy atom. The number of carbonyl (C=O) groups excluding carboxylic acids is 2. The maximum Gasteiger partial charge on any atom is 0.414 e. The second-order valence-corrected chi connectivity index (χ2v) is 7.07. The summed E-state index contributed by atoms with van der Waals surface area (Å²) in [5.74, 6) is 0.0925. The van der Waals surface area contributed by atoms with E-state index in [0.29, 0.717) is 12.5 Å². The third kappa shape index (κ3) is 4.10. The quantitative estimate of drug-likeness (QED) is 0.874. The molecule has 2 atom stereocenters. The van der Waals surface area contributed by atoms with E-state index in [9.17, 15) is 9.59 Å². The summed E-state index contributed by atoms with van der Waals surface area (Å²) < 4.78 is 5.95. The van der Waals surface area contributed by atoms with E-state index >= 15 is 0 Å². The number of piperidine rings is 1. The number of imide groups is 1. The second-order valence-electron chi connectivity index (χ2n) is 6.01. The Hall–Kier alpha value is -1.99. The Bertz CT molecular complexity index is 698. The van der Waals surface area contributed by atoms with E-state index in [-0.39, 0.29) is 12.5 Å². The van der Waals surface area contributed by atoms with Crippen LogP contribution in [0.2, 0.25) is 0 Å². The fraction of sp³-hybridized carbons (Fsp3) is 0.471. The molecule has 0 bridgehead atoms. The van der Waals surface area contributed by atoms with Gasteiger partial charge in [-0.15, -0.1) is 11.3 Å². The largest absolute Gasteiger partial charge is 0.450 e. The van der Waals surface area contributed by atoms with Crippen molar-refractivity contribution < 1.29 is 19.2 Å². The van der Waals surface area contributed by atoms with Gasteiger partial charge >= 0.3 is 6.09 Å². The number of thiazole rings is 1. The number of aromatic nitrogens is 1. The van der Waals surface area contributed by atoms with Crippen molar-refractivity contribution in [1.29, 1.82) is 0 Å². The number of para-hydroxylation sites is 1.